The number of benzene rings is 1. The second-order valence-electron chi connectivity index (χ2n) is 5.89. The van der Waals surface area contributed by atoms with E-state index < -0.39 is 0 Å². The summed E-state index contributed by atoms with van der Waals surface area (Å²) >= 11 is 0. The lowest BCUT2D eigenvalue weighted by atomic mass is 10.0. The Bertz CT molecular complexity index is 448. The van der Waals surface area contributed by atoms with E-state index in [2.05, 4.69) is 10.2 Å². The van der Waals surface area contributed by atoms with Gasteiger partial charge in [-0.15, -0.1) is 0 Å². The summed E-state index contributed by atoms with van der Waals surface area (Å²) in [5.41, 5.74) is 1.68. The molecule has 0 heterocycles. The number of hydrogen-bond acceptors (Lipinski definition) is 3. The average molecular weight is 294 g/mol. The molecule has 1 fully saturated rings. The number of rotatable bonds is 9. The molecule has 1 aromatic carbocycles. The number of nitrogens with one attached hydrogen (secondary N) is 1. The number of nitrogens with zero attached hydrogens (tertiary/aromatic N) is 1. The fourth-order valence-corrected chi connectivity index (χ4v) is 2.55. The number of likely N-dealkylation sites (N-methyl/N-ethyl adjacent to an activating group) is 1. The van der Waals surface area contributed by atoms with E-state index in [1.165, 1.54) is 18.9 Å². The highest BCUT2D eigenvalue weighted by molar-refractivity contribution is 5.55. The highest BCUT2D eigenvalue weighted by Gasteiger charge is 2.21. The lowest BCUT2D eigenvalue weighted by Gasteiger charge is -2.26. The van der Waals surface area contributed by atoms with Gasteiger partial charge in [0.15, 0.2) is 0 Å². The Labute approximate surface area is 127 Å². The molecule has 21 heavy (non-hydrogen) atoms. The van der Waals surface area contributed by atoms with Crippen LogP contribution < -0.4 is 10.2 Å². The average Bonchev–Trinajstić information content (AvgIpc) is 3.27. The quantitative estimate of drug-likeness (QED) is 0.707. The summed E-state index contributed by atoms with van der Waals surface area (Å²) in [4.78, 5) is 2.08. The van der Waals surface area contributed by atoms with E-state index >= 15 is 0 Å². The first-order valence-electron chi connectivity index (χ1n) is 7.94. The molecule has 0 aliphatic heterocycles. The molecule has 0 saturated heterocycles. The Morgan fingerprint density at radius 3 is 2.86 bits per heavy atom. The van der Waals surface area contributed by atoms with E-state index in [1.807, 2.05) is 27.0 Å². The molecule has 1 aromatic rings. The van der Waals surface area contributed by atoms with Crippen molar-refractivity contribution in [2.75, 3.05) is 38.3 Å². The molecular weight excluding hydrogens is 267 g/mol. The van der Waals surface area contributed by atoms with Gasteiger partial charge in [-0.05, 0) is 44.4 Å². The van der Waals surface area contributed by atoms with Gasteiger partial charge in [-0.2, -0.15) is 0 Å². The van der Waals surface area contributed by atoms with Gasteiger partial charge in [0.05, 0.1) is 6.61 Å². The van der Waals surface area contributed by atoms with Crippen LogP contribution in [0.15, 0.2) is 18.2 Å². The van der Waals surface area contributed by atoms with E-state index in [0.717, 1.165) is 36.9 Å². The van der Waals surface area contributed by atoms with Crippen molar-refractivity contribution in [1.82, 2.24) is 5.32 Å². The van der Waals surface area contributed by atoms with Crippen LogP contribution in [0.4, 0.5) is 10.1 Å². The van der Waals surface area contributed by atoms with Crippen LogP contribution in [0.3, 0.4) is 0 Å². The minimum absolute atomic E-state index is 0.000956. The number of hydrogen-bond donors (Lipinski definition) is 1. The first kappa shape index (κ1) is 16.2. The Kier molecular flexibility index (Phi) is 6.00. The predicted octanol–water partition coefficient (Wildman–Crippen LogP) is 3.36. The van der Waals surface area contributed by atoms with Crippen molar-refractivity contribution in [3.05, 3.63) is 29.6 Å². The third-order valence-electron chi connectivity index (χ3n) is 4.01. The molecule has 0 amide bonds. The summed E-state index contributed by atoms with van der Waals surface area (Å²) in [6.45, 7) is 7.21. The van der Waals surface area contributed by atoms with Gasteiger partial charge in [0, 0.05) is 37.5 Å². The van der Waals surface area contributed by atoms with E-state index in [9.17, 15) is 4.39 Å². The van der Waals surface area contributed by atoms with Crippen molar-refractivity contribution in [3.63, 3.8) is 0 Å². The number of halogens is 1. The van der Waals surface area contributed by atoms with Gasteiger partial charge in [-0.1, -0.05) is 13.0 Å². The second kappa shape index (κ2) is 7.76. The Morgan fingerprint density at radius 1 is 1.43 bits per heavy atom. The van der Waals surface area contributed by atoms with Gasteiger partial charge >= 0.3 is 0 Å². The molecular formula is C17H27FN2O. The normalized spacial score (nSPS) is 16.0. The molecule has 4 heteroatoms. The predicted molar refractivity (Wildman–Crippen MR) is 85.3 cm³/mol. The first-order valence-corrected chi connectivity index (χ1v) is 7.94. The first-order chi connectivity index (χ1) is 10.1. The van der Waals surface area contributed by atoms with Gasteiger partial charge in [0.2, 0.25) is 0 Å². The molecule has 0 bridgehead atoms. The molecule has 2 rings (SSSR count). The van der Waals surface area contributed by atoms with Crippen LogP contribution in [-0.4, -0.2) is 33.4 Å². The van der Waals surface area contributed by atoms with E-state index in [1.54, 1.807) is 6.07 Å². The molecule has 1 N–H and O–H groups in total. The molecule has 0 spiro atoms. The summed E-state index contributed by atoms with van der Waals surface area (Å²) in [5.74, 6) is 0.639. The lowest BCUT2D eigenvalue weighted by molar-refractivity contribution is 0.131. The van der Waals surface area contributed by atoms with Gasteiger partial charge in [-0.25, -0.2) is 4.39 Å². The minimum atomic E-state index is -0.147. The number of anilines is 1. The van der Waals surface area contributed by atoms with Crippen molar-refractivity contribution in [1.29, 1.82) is 0 Å². The summed E-state index contributed by atoms with van der Waals surface area (Å²) in [6.07, 6.45) is 2.62. The highest BCUT2D eigenvalue weighted by atomic mass is 19.1. The van der Waals surface area contributed by atoms with E-state index in [4.69, 9.17) is 4.74 Å². The van der Waals surface area contributed by atoms with E-state index in [-0.39, 0.29) is 11.9 Å². The summed E-state index contributed by atoms with van der Waals surface area (Å²) in [5, 5.41) is 3.29. The summed E-state index contributed by atoms with van der Waals surface area (Å²) in [6, 6.07) is 5.28. The van der Waals surface area contributed by atoms with Crippen LogP contribution in [-0.2, 0) is 4.74 Å². The zero-order valence-corrected chi connectivity index (χ0v) is 13.4. The second-order valence-corrected chi connectivity index (χ2v) is 5.89. The van der Waals surface area contributed by atoms with Crippen molar-refractivity contribution in [2.24, 2.45) is 5.92 Å². The molecule has 0 radical (unpaired) electrons. The minimum Gasteiger partial charge on any atom is -0.379 e. The molecule has 1 aliphatic rings. The Balaban J connectivity index is 1.97. The monoisotopic (exact) mass is 294 g/mol. The Hall–Kier alpha value is -1.13. The molecule has 3 nitrogen and oxygen atoms in total. The van der Waals surface area contributed by atoms with Crippen LogP contribution in [0.5, 0.6) is 0 Å². The van der Waals surface area contributed by atoms with Gasteiger partial charge in [0.25, 0.3) is 0 Å². The zero-order valence-electron chi connectivity index (χ0n) is 13.4. The maximum Gasteiger partial charge on any atom is 0.130 e. The van der Waals surface area contributed by atoms with Crippen LogP contribution in [0.25, 0.3) is 0 Å². The SMILES string of the molecule is CCNC(C)c1c(F)cccc1N(C)CCOCC1CC1. The molecule has 1 aliphatic carbocycles. The van der Waals surface area contributed by atoms with E-state index in [0.29, 0.717) is 6.61 Å². The third kappa shape index (κ3) is 4.68. The fraction of sp³-hybridized carbons (Fsp3) is 0.647. The molecule has 0 aromatic heterocycles. The number of ether oxygens (including phenoxy) is 1. The fourth-order valence-electron chi connectivity index (χ4n) is 2.55. The third-order valence-corrected chi connectivity index (χ3v) is 4.01. The highest BCUT2D eigenvalue weighted by Crippen LogP contribution is 2.29. The van der Waals surface area contributed by atoms with Crippen molar-refractivity contribution in [3.8, 4) is 0 Å². The zero-order chi connectivity index (χ0) is 15.2. The van der Waals surface area contributed by atoms with Crippen molar-refractivity contribution < 1.29 is 9.13 Å². The lowest BCUT2D eigenvalue weighted by Crippen LogP contribution is -2.27. The van der Waals surface area contributed by atoms with Crippen LogP contribution in [0.1, 0.15) is 38.3 Å². The maximum absolute atomic E-state index is 14.2. The standard InChI is InChI=1S/C17H27FN2O/c1-4-19-13(2)17-15(18)6-5-7-16(17)20(3)10-11-21-12-14-8-9-14/h5-7,13-14,19H,4,8-12H2,1-3H3. The van der Waals surface area contributed by atoms with Crippen molar-refractivity contribution >= 4 is 5.69 Å². The smallest absolute Gasteiger partial charge is 0.130 e. The van der Waals surface area contributed by atoms with Gasteiger partial charge in [0.1, 0.15) is 5.82 Å². The largest absolute Gasteiger partial charge is 0.379 e. The molecule has 1 atom stereocenters. The van der Waals surface area contributed by atoms with Crippen LogP contribution >= 0.6 is 0 Å². The van der Waals surface area contributed by atoms with Gasteiger partial charge in [-0.3, -0.25) is 0 Å². The maximum atomic E-state index is 14.2. The Morgan fingerprint density at radius 2 is 2.19 bits per heavy atom. The van der Waals surface area contributed by atoms with Crippen molar-refractivity contribution in [2.45, 2.75) is 32.7 Å². The van der Waals surface area contributed by atoms with Crippen LogP contribution in [0.2, 0.25) is 0 Å². The molecule has 1 unspecified atom stereocenters. The summed E-state index contributed by atoms with van der Waals surface area (Å²) in [7, 11) is 2.00. The van der Waals surface area contributed by atoms with Gasteiger partial charge < -0.3 is 15.0 Å². The summed E-state index contributed by atoms with van der Waals surface area (Å²) < 4.78 is 19.9. The van der Waals surface area contributed by atoms with Crippen LogP contribution in [0, 0.1) is 11.7 Å². The topological polar surface area (TPSA) is 24.5 Å². The molecule has 1 saturated carbocycles. The molecule has 118 valence electrons.